The third kappa shape index (κ3) is 4.42. The molecule has 0 saturated carbocycles. The van der Waals surface area contributed by atoms with Gasteiger partial charge < -0.3 is 9.42 Å². The van der Waals surface area contributed by atoms with Gasteiger partial charge in [-0.1, -0.05) is 41.1 Å². The number of nitrogens with zero attached hydrogens (tertiary/aromatic N) is 3. The third-order valence-electron chi connectivity index (χ3n) is 5.71. The van der Waals surface area contributed by atoms with E-state index < -0.39 is 10.0 Å². The normalized spacial score (nSPS) is 16.1. The van der Waals surface area contributed by atoms with E-state index in [1.807, 2.05) is 31.2 Å². The van der Waals surface area contributed by atoms with Gasteiger partial charge in [0.2, 0.25) is 17.6 Å². The van der Waals surface area contributed by atoms with Crippen molar-refractivity contribution in [1.29, 1.82) is 0 Å². The Morgan fingerprint density at radius 1 is 0.971 bits per heavy atom. The van der Waals surface area contributed by atoms with Crippen molar-refractivity contribution >= 4 is 27.3 Å². The summed E-state index contributed by atoms with van der Waals surface area (Å²) in [6.45, 7) is 2.48. The molecular formula is C25H22N4O4S. The number of rotatable bonds is 6. The fourth-order valence-electron chi connectivity index (χ4n) is 3.87. The molecule has 1 N–H and O–H groups in total. The molecule has 1 saturated heterocycles. The number of sulfonamides is 1. The molecular weight excluding hydrogens is 452 g/mol. The smallest absolute Gasteiger partial charge is 0.261 e. The zero-order valence-electron chi connectivity index (χ0n) is 18.4. The van der Waals surface area contributed by atoms with Crippen molar-refractivity contribution < 1.29 is 17.7 Å². The van der Waals surface area contributed by atoms with Gasteiger partial charge in [0.1, 0.15) is 0 Å². The molecule has 34 heavy (non-hydrogen) atoms. The van der Waals surface area contributed by atoms with Gasteiger partial charge in [-0.15, -0.1) is 0 Å². The quantitative estimate of drug-likeness (QED) is 0.445. The van der Waals surface area contributed by atoms with Gasteiger partial charge in [-0.3, -0.25) is 9.52 Å². The van der Waals surface area contributed by atoms with Crippen LogP contribution < -0.4 is 9.62 Å². The van der Waals surface area contributed by atoms with E-state index >= 15 is 0 Å². The average Bonchev–Trinajstić information content (AvgIpc) is 3.48. The van der Waals surface area contributed by atoms with E-state index in [0.717, 1.165) is 11.3 Å². The van der Waals surface area contributed by atoms with E-state index in [0.29, 0.717) is 35.9 Å². The van der Waals surface area contributed by atoms with Crippen LogP contribution >= 0.6 is 0 Å². The van der Waals surface area contributed by atoms with Gasteiger partial charge in [-0.2, -0.15) is 4.98 Å². The van der Waals surface area contributed by atoms with Crippen molar-refractivity contribution in [2.75, 3.05) is 16.2 Å². The van der Waals surface area contributed by atoms with Crippen LogP contribution in [0.25, 0.3) is 11.4 Å². The molecule has 0 unspecified atom stereocenters. The number of amides is 1. The molecule has 1 aromatic heterocycles. The summed E-state index contributed by atoms with van der Waals surface area (Å²) >= 11 is 0. The maximum absolute atomic E-state index is 12.6. The molecule has 3 aromatic carbocycles. The Bertz CT molecular complexity index is 1420. The largest absolute Gasteiger partial charge is 0.339 e. The van der Waals surface area contributed by atoms with Crippen molar-refractivity contribution in [2.45, 2.75) is 24.2 Å². The number of anilines is 2. The number of benzene rings is 3. The molecule has 1 amide bonds. The molecule has 172 valence electrons. The fourth-order valence-corrected chi connectivity index (χ4v) is 4.95. The fraction of sp³-hybridized carbons (Fsp3) is 0.160. The number of aromatic nitrogens is 2. The van der Waals surface area contributed by atoms with E-state index in [4.69, 9.17) is 4.52 Å². The van der Waals surface area contributed by atoms with Gasteiger partial charge in [-0.05, 0) is 55.5 Å². The summed E-state index contributed by atoms with van der Waals surface area (Å²) in [7, 11) is -3.67. The molecule has 9 heteroatoms. The first-order valence-corrected chi connectivity index (χ1v) is 12.3. The lowest BCUT2D eigenvalue weighted by molar-refractivity contribution is -0.117. The Labute approximate surface area is 197 Å². The van der Waals surface area contributed by atoms with Crippen molar-refractivity contribution in [3.63, 3.8) is 0 Å². The lowest BCUT2D eigenvalue weighted by atomic mass is 10.1. The van der Waals surface area contributed by atoms with Crippen LogP contribution in [0.15, 0.2) is 88.3 Å². The Hall–Kier alpha value is -3.98. The first-order chi connectivity index (χ1) is 16.4. The number of nitrogens with one attached hydrogen (secondary N) is 1. The van der Waals surface area contributed by atoms with Crippen LogP contribution in [0, 0.1) is 6.92 Å². The Kier molecular flexibility index (Phi) is 5.62. The second-order valence-electron chi connectivity index (χ2n) is 8.19. The van der Waals surface area contributed by atoms with Gasteiger partial charge in [0, 0.05) is 29.9 Å². The van der Waals surface area contributed by atoms with E-state index in [1.54, 1.807) is 47.4 Å². The lowest BCUT2D eigenvalue weighted by Crippen LogP contribution is -2.24. The third-order valence-corrected chi connectivity index (χ3v) is 7.11. The van der Waals surface area contributed by atoms with E-state index in [-0.39, 0.29) is 16.7 Å². The Balaban J connectivity index is 1.28. The van der Waals surface area contributed by atoms with Crippen LogP contribution in [0.3, 0.4) is 0 Å². The van der Waals surface area contributed by atoms with E-state index in [9.17, 15) is 13.2 Å². The predicted molar refractivity (Wildman–Crippen MR) is 128 cm³/mol. The molecule has 0 aliphatic carbocycles. The van der Waals surface area contributed by atoms with Crippen LogP contribution in [-0.2, 0) is 14.8 Å². The summed E-state index contributed by atoms with van der Waals surface area (Å²) in [5.41, 5.74) is 3.09. The highest BCUT2D eigenvalue weighted by Crippen LogP contribution is 2.32. The topological polar surface area (TPSA) is 105 Å². The van der Waals surface area contributed by atoms with Gasteiger partial charge >= 0.3 is 0 Å². The summed E-state index contributed by atoms with van der Waals surface area (Å²) < 4.78 is 33.0. The zero-order valence-corrected chi connectivity index (χ0v) is 19.2. The van der Waals surface area contributed by atoms with Crippen LogP contribution in [0.4, 0.5) is 11.4 Å². The van der Waals surface area contributed by atoms with Gasteiger partial charge in [0.05, 0.1) is 10.8 Å². The van der Waals surface area contributed by atoms with Crippen LogP contribution in [-0.4, -0.2) is 31.0 Å². The molecule has 4 aromatic rings. The van der Waals surface area contributed by atoms with Crippen LogP contribution in [0.5, 0.6) is 0 Å². The van der Waals surface area contributed by atoms with Crippen molar-refractivity contribution in [3.8, 4) is 11.4 Å². The molecule has 5 rings (SSSR count). The van der Waals surface area contributed by atoms with E-state index in [1.165, 1.54) is 12.1 Å². The summed E-state index contributed by atoms with van der Waals surface area (Å²) in [4.78, 5) is 19.0. The molecule has 1 aliphatic heterocycles. The standard InChI is InChI=1S/C25H22N4O4S/c1-17-7-13-21(14-8-17)29-16-19(15-23(29)30)25-26-24(27-33-25)18-9-11-20(12-10-18)28-34(31,32)22-5-3-2-4-6-22/h2-14,19,28H,15-16H2,1H3/t19-/m1/s1. The summed E-state index contributed by atoms with van der Waals surface area (Å²) in [5, 5.41) is 4.06. The van der Waals surface area contributed by atoms with Gasteiger partial charge in [-0.25, -0.2) is 8.42 Å². The first-order valence-electron chi connectivity index (χ1n) is 10.8. The highest BCUT2D eigenvalue weighted by Gasteiger charge is 2.35. The molecule has 0 radical (unpaired) electrons. The number of hydrogen-bond donors (Lipinski definition) is 1. The summed E-state index contributed by atoms with van der Waals surface area (Å²) in [5.74, 6) is 0.621. The molecule has 1 fully saturated rings. The second kappa shape index (κ2) is 8.75. The van der Waals surface area contributed by atoms with Gasteiger partial charge in [0.25, 0.3) is 10.0 Å². The van der Waals surface area contributed by atoms with Crippen LogP contribution in [0.2, 0.25) is 0 Å². The predicted octanol–water partition coefficient (Wildman–Crippen LogP) is 4.37. The summed E-state index contributed by atoms with van der Waals surface area (Å²) in [6.07, 6.45) is 0.301. The second-order valence-corrected chi connectivity index (χ2v) is 9.88. The highest BCUT2D eigenvalue weighted by atomic mass is 32.2. The number of carbonyl (C=O) groups excluding carboxylic acids is 1. The number of hydrogen-bond acceptors (Lipinski definition) is 6. The Morgan fingerprint density at radius 2 is 1.68 bits per heavy atom. The average molecular weight is 475 g/mol. The minimum Gasteiger partial charge on any atom is -0.339 e. The minimum absolute atomic E-state index is 0.0173. The molecule has 0 bridgehead atoms. The minimum atomic E-state index is -3.67. The van der Waals surface area contributed by atoms with Crippen molar-refractivity contribution in [3.05, 3.63) is 90.3 Å². The van der Waals surface area contributed by atoms with Gasteiger partial charge in [0.15, 0.2) is 0 Å². The number of carbonyl (C=O) groups is 1. The molecule has 2 heterocycles. The highest BCUT2D eigenvalue weighted by molar-refractivity contribution is 7.92. The Morgan fingerprint density at radius 3 is 2.38 bits per heavy atom. The van der Waals surface area contributed by atoms with Crippen molar-refractivity contribution in [1.82, 2.24) is 10.1 Å². The molecule has 0 spiro atoms. The maximum atomic E-state index is 12.6. The van der Waals surface area contributed by atoms with E-state index in [2.05, 4.69) is 14.9 Å². The molecule has 1 atom stereocenters. The lowest BCUT2D eigenvalue weighted by Gasteiger charge is -2.16. The zero-order chi connectivity index (χ0) is 23.7. The number of aryl methyl sites for hydroxylation is 1. The van der Waals surface area contributed by atoms with Crippen LogP contribution in [0.1, 0.15) is 23.8 Å². The first kappa shape index (κ1) is 21.8. The van der Waals surface area contributed by atoms with Crippen molar-refractivity contribution in [2.24, 2.45) is 0 Å². The SMILES string of the molecule is Cc1ccc(N2C[C@H](c3nc(-c4ccc(NS(=O)(=O)c5ccccc5)cc4)no3)CC2=O)cc1. The summed E-state index contributed by atoms with van der Waals surface area (Å²) in [6, 6.07) is 22.7. The molecule has 1 aliphatic rings. The monoisotopic (exact) mass is 474 g/mol. The molecule has 8 nitrogen and oxygen atoms in total. The maximum Gasteiger partial charge on any atom is 0.261 e.